The first-order chi connectivity index (χ1) is 14.2. The van der Waals surface area contributed by atoms with Crippen LogP contribution < -0.4 is 0 Å². The van der Waals surface area contributed by atoms with Gasteiger partial charge in [-0.25, -0.2) is 4.39 Å². The molecule has 4 aromatic rings. The first-order valence-electron chi connectivity index (χ1n) is 9.58. The molecule has 0 fully saturated rings. The first-order valence-corrected chi connectivity index (χ1v) is 9.58. The fraction of sp³-hybridized carbons (Fsp3) is 0.167. The van der Waals surface area contributed by atoms with Gasteiger partial charge in [0.2, 0.25) is 0 Å². The van der Waals surface area contributed by atoms with E-state index >= 15 is 0 Å². The highest BCUT2D eigenvalue weighted by Crippen LogP contribution is 2.25. The van der Waals surface area contributed by atoms with Crippen molar-refractivity contribution in [2.24, 2.45) is 0 Å². The minimum atomic E-state index is -0.219. The highest BCUT2D eigenvalue weighted by molar-refractivity contribution is 5.85. The maximum absolute atomic E-state index is 13.2. The van der Waals surface area contributed by atoms with Crippen LogP contribution >= 0.6 is 12.4 Å². The van der Waals surface area contributed by atoms with E-state index in [0.717, 1.165) is 40.2 Å². The molecule has 0 saturated heterocycles. The average Bonchev–Trinajstić information content (AvgIpc) is 2.75. The minimum absolute atomic E-state index is 0. The molecule has 0 unspecified atom stereocenters. The molecule has 3 aromatic heterocycles. The Labute approximate surface area is 181 Å². The van der Waals surface area contributed by atoms with Crippen LogP contribution in [0.1, 0.15) is 35.5 Å². The molecule has 30 heavy (non-hydrogen) atoms. The molecule has 0 radical (unpaired) electrons. The third kappa shape index (κ3) is 5.45. The van der Waals surface area contributed by atoms with Crippen molar-refractivity contribution >= 4 is 12.4 Å². The summed E-state index contributed by atoms with van der Waals surface area (Å²) in [6, 6.07) is 14.8. The monoisotopic (exact) mass is 420 g/mol. The SMILES string of the molecule is C[C@H](Cc1cc(-c2cccnc2)cc(Cc2cnccn2)n1)c1ccc(F)cc1.Cl. The van der Waals surface area contributed by atoms with Crippen molar-refractivity contribution in [3.63, 3.8) is 0 Å². The second kappa shape index (κ2) is 10.0. The Morgan fingerprint density at radius 2 is 1.60 bits per heavy atom. The topological polar surface area (TPSA) is 51.6 Å². The second-order valence-corrected chi connectivity index (χ2v) is 7.11. The molecule has 0 amide bonds. The number of halogens is 2. The van der Waals surface area contributed by atoms with Gasteiger partial charge in [0.15, 0.2) is 0 Å². The van der Waals surface area contributed by atoms with Gasteiger partial charge in [0.1, 0.15) is 5.82 Å². The van der Waals surface area contributed by atoms with Crippen molar-refractivity contribution in [3.05, 3.63) is 108 Å². The van der Waals surface area contributed by atoms with Crippen LogP contribution in [0.3, 0.4) is 0 Å². The third-order valence-corrected chi connectivity index (χ3v) is 4.86. The second-order valence-electron chi connectivity index (χ2n) is 7.11. The van der Waals surface area contributed by atoms with E-state index in [9.17, 15) is 4.39 Å². The lowest BCUT2D eigenvalue weighted by Crippen LogP contribution is -2.04. The van der Waals surface area contributed by atoms with Crippen molar-refractivity contribution in [1.29, 1.82) is 0 Å². The fourth-order valence-corrected chi connectivity index (χ4v) is 3.37. The zero-order valence-electron chi connectivity index (χ0n) is 16.6. The van der Waals surface area contributed by atoms with Crippen LogP contribution in [0.25, 0.3) is 11.1 Å². The number of nitrogens with zero attached hydrogens (tertiary/aromatic N) is 4. The average molecular weight is 421 g/mol. The fourth-order valence-electron chi connectivity index (χ4n) is 3.37. The van der Waals surface area contributed by atoms with E-state index in [0.29, 0.717) is 6.42 Å². The number of benzene rings is 1. The van der Waals surface area contributed by atoms with E-state index in [2.05, 4.69) is 34.0 Å². The van der Waals surface area contributed by atoms with Gasteiger partial charge in [-0.2, -0.15) is 0 Å². The molecule has 0 spiro atoms. The summed E-state index contributed by atoms with van der Waals surface area (Å²) in [7, 11) is 0. The van der Waals surface area contributed by atoms with E-state index in [1.54, 1.807) is 24.8 Å². The molecule has 4 nitrogen and oxygen atoms in total. The Balaban J connectivity index is 0.00000256. The smallest absolute Gasteiger partial charge is 0.123 e. The summed E-state index contributed by atoms with van der Waals surface area (Å²) < 4.78 is 13.2. The zero-order chi connectivity index (χ0) is 20.1. The minimum Gasteiger partial charge on any atom is -0.264 e. The van der Waals surface area contributed by atoms with Gasteiger partial charge in [-0.15, -0.1) is 12.4 Å². The molecule has 0 N–H and O–H groups in total. The Morgan fingerprint density at radius 3 is 2.30 bits per heavy atom. The van der Waals surface area contributed by atoms with Crippen LogP contribution in [-0.4, -0.2) is 19.9 Å². The molecule has 0 aliphatic carbocycles. The van der Waals surface area contributed by atoms with Gasteiger partial charge in [0.25, 0.3) is 0 Å². The van der Waals surface area contributed by atoms with Crippen molar-refractivity contribution in [3.8, 4) is 11.1 Å². The molecular weight excluding hydrogens is 399 g/mol. The molecule has 0 bridgehead atoms. The summed E-state index contributed by atoms with van der Waals surface area (Å²) in [5.41, 5.74) is 6.02. The van der Waals surface area contributed by atoms with E-state index in [4.69, 9.17) is 4.98 Å². The number of hydrogen-bond acceptors (Lipinski definition) is 4. The predicted molar refractivity (Wildman–Crippen MR) is 118 cm³/mol. The van der Waals surface area contributed by atoms with E-state index < -0.39 is 0 Å². The third-order valence-electron chi connectivity index (χ3n) is 4.86. The molecule has 3 heterocycles. The Morgan fingerprint density at radius 1 is 0.833 bits per heavy atom. The van der Waals surface area contributed by atoms with Gasteiger partial charge in [0, 0.05) is 54.4 Å². The van der Waals surface area contributed by atoms with Crippen LogP contribution in [0, 0.1) is 5.82 Å². The lowest BCUT2D eigenvalue weighted by molar-refractivity contribution is 0.625. The standard InChI is InChI=1S/C24H21FN4.ClH/c1-17(18-4-6-21(25)7-5-18)11-22-12-20(19-3-2-8-26-15-19)13-23(29-22)14-24-16-27-9-10-28-24;/h2-10,12-13,15-17H,11,14H2,1H3;1H/t17-;/m1./s1. The summed E-state index contributed by atoms with van der Waals surface area (Å²) >= 11 is 0. The van der Waals surface area contributed by atoms with Crippen LogP contribution in [0.5, 0.6) is 0 Å². The molecule has 0 aliphatic heterocycles. The summed E-state index contributed by atoms with van der Waals surface area (Å²) in [5.74, 6) is 0.000483. The maximum Gasteiger partial charge on any atom is 0.123 e. The van der Waals surface area contributed by atoms with Crippen molar-refractivity contribution in [1.82, 2.24) is 19.9 Å². The molecule has 0 aliphatic rings. The van der Waals surface area contributed by atoms with Crippen LogP contribution in [-0.2, 0) is 12.8 Å². The quantitative estimate of drug-likeness (QED) is 0.417. The van der Waals surface area contributed by atoms with Gasteiger partial charge >= 0.3 is 0 Å². The highest BCUT2D eigenvalue weighted by Gasteiger charge is 2.12. The van der Waals surface area contributed by atoms with Crippen molar-refractivity contribution < 1.29 is 4.39 Å². The van der Waals surface area contributed by atoms with Crippen LogP contribution in [0.15, 0.2) is 79.5 Å². The molecule has 6 heteroatoms. The van der Waals surface area contributed by atoms with E-state index in [1.165, 1.54) is 12.1 Å². The van der Waals surface area contributed by atoms with Gasteiger partial charge in [-0.3, -0.25) is 19.9 Å². The number of aromatic nitrogens is 4. The largest absolute Gasteiger partial charge is 0.264 e. The van der Waals surface area contributed by atoms with Crippen molar-refractivity contribution in [2.45, 2.75) is 25.7 Å². The maximum atomic E-state index is 13.2. The molecule has 1 aromatic carbocycles. The highest BCUT2D eigenvalue weighted by atomic mass is 35.5. The Bertz CT molecular complexity index is 1070. The number of pyridine rings is 2. The lowest BCUT2D eigenvalue weighted by Gasteiger charge is -2.14. The van der Waals surface area contributed by atoms with Crippen LogP contribution in [0.4, 0.5) is 4.39 Å². The normalized spacial score (nSPS) is 11.5. The van der Waals surface area contributed by atoms with E-state index in [1.807, 2.05) is 30.5 Å². The summed E-state index contributed by atoms with van der Waals surface area (Å²) in [6.45, 7) is 2.13. The first kappa shape index (κ1) is 21.5. The van der Waals surface area contributed by atoms with Gasteiger partial charge in [-0.1, -0.05) is 25.1 Å². The number of rotatable bonds is 6. The lowest BCUT2D eigenvalue weighted by atomic mass is 9.94. The predicted octanol–water partition coefficient (Wildman–Crippen LogP) is 5.43. The summed E-state index contributed by atoms with van der Waals surface area (Å²) in [4.78, 5) is 17.6. The molecule has 152 valence electrons. The summed E-state index contributed by atoms with van der Waals surface area (Å²) in [6.07, 6.45) is 10.1. The Hall–Kier alpha value is -3.18. The number of hydrogen-bond donors (Lipinski definition) is 0. The van der Waals surface area contributed by atoms with E-state index in [-0.39, 0.29) is 24.1 Å². The van der Waals surface area contributed by atoms with Gasteiger partial charge < -0.3 is 0 Å². The van der Waals surface area contributed by atoms with Crippen LogP contribution in [0.2, 0.25) is 0 Å². The molecule has 1 atom stereocenters. The molecule has 4 rings (SSSR count). The Kier molecular flexibility index (Phi) is 7.20. The van der Waals surface area contributed by atoms with Gasteiger partial charge in [-0.05, 0) is 53.8 Å². The zero-order valence-corrected chi connectivity index (χ0v) is 17.4. The molecular formula is C24H22ClFN4. The van der Waals surface area contributed by atoms with Gasteiger partial charge in [0.05, 0.1) is 5.69 Å². The van der Waals surface area contributed by atoms with Crippen molar-refractivity contribution in [2.75, 3.05) is 0 Å². The molecule has 0 saturated carbocycles. The summed E-state index contributed by atoms with van der Waals surface area (Å²) in [5, 5.41) is 0.